The molecule has 6 aliphatic rings. The SMILES string of the molecule is COC(=O)COc1ccc(-c2cc(=O)cc(N3CCOCC3)o2)c2c1Sc1ccccc1S2.O=C([O-])COc1ccc(-c2cc(=O)cc(N3CCOCC3)o2)c2c1Sc1ccccc1S2.O=c1cc(-c2ccc(O)c3c2Sc2ccccc2S3)oc(N2CCOCC2)c1.[Na+]. The van der Waals surface area contributed by atoms with Gasteiger partial charge in [-0.3, -0.25) is 14.4 Å². The van der Waals surface area contributed by atoms with E-state index < -0.39 is 18.5 Å². The zero-order chi connectivity index (χ0) is 64.0. The molecule has 9 heterocycles. The Hall–Kier alpha value is -7.11. The van der Waals surface area contributed by atoms with E-state index in [4.69, 9.17) is 41.7 Å². The van der Waals surface area contributed by atoms with Crippen LogP contribution in [0.4, 0.5) is 17.7 Å². The van der Waals surface area contributed by atoms with Gasteiger partial charge in [0, 0.05) is 136 Å². The number of nitrogens with zero attached hydrogens (tertiary/aromatic N) is 3. The maximum Gasteiger partial charge on any atom is 1.00 e. The van der Waals surface area contributed by atoms with Gasteiger partial charge in [0.1, 0.15) is 41.1 Å². The van der Waals surface area contributed by atoms with Crippen LogP contribution in [0.15, 0.2) is 232 Å². The number of hydrogen-bond acceptors (Lipinski definition) is 25. The van der Waals surface area contributed by atoms with Crippen LogP contribution in [-0.4, -0.2) is 116 Å². The van der Waals surface area contributed by atoms with Crippen LogP contribution in [0.3, 0.4) is 0 Å². The number of phenolic OH excluding ortho intramolecular Hbond substituents is 1. The largest absolute Gasteiger partial charge is 1.00 e. The minimum Gasteiger partial charge on any atom is -0.546 e. The van der Waals surface area contributed by atoms with Gasteiger partial charge >= 0.3 is 35.5 Å². The van der Waals surface area contributed by atoms with Crippen LogP contribution in [-0.2, 0) is 28.5 Å². The second-order valence-corrected chi connectivity index (χ2v) is 27.4. The number of esters is 1. The number of methoxy groups -OCH3 is 1. The molecular formula is C68H56N3NaO16S6. The van der Waals surface area contributed by atoms with E-state index in [0.29, 0.717) is 125 Å². The van der Waals surface area contributed by atoms with Crippen molar-refractivity contribution in [1.29, 1.82) is 0 Å². The van der Waals surface area contributed by atoms with Crippen molar-refractivity contribution in [3.05, 3.63) is 176 Å². The van der Waals surface area contributed by atoms with Crippen molar-refractivity contribution >= 4 is 100 Å². The number of rotatable bonds is 12. The van der Waals surface area contributed by atoms with Gasteiger partial charge in [-0.1, -0.05) is 107 Å². The normalized spacial score (nSPS) is 15.1. The Morgan fingerprint density at radius 1 is 0.436 bits per heavy atom. The number of aliphatic carboxylic acids is 1. The molecule has 6 aromatic carbocycles. The summed E-state index contributed by atoms with van der Waals surface area (Å²) in [5.41, 5.74) is 2.00. The summed E-state index contributed by atoms with van der Waals surface area (Å²) in [5.74, 6) is 2.58. The average molecular weight is 1390 g/mol. The van der Waals surface area contributed by atoms with Crippen LogP contribution in [0.5, 0.6) is 17.2 Å². The predicted octanol–water partition coefficient (Wildman–Crippen LogP) is 8.67. The molecule has 94 heavy (non-hydrogen) atoms. The maximum atomic E-state index is 12.6. The second-order valence-electron chi connectivity index (χ2n) is 21.1. The summed E-state index contributed by atoms with van der Waals surface area (Å²) in [6.07, 6.45) is 0. The third-order valence-electron chi connectivity index (χ3n) is 15.0. The van der Waals surface area contributed by atoms with Gasteiger partial charge in [-0.2, -0.15) is 0 Å². The number of benzene rings is 6. The van der Waals surface area contributed by atoms with Crippen molar-refractivity contribution in [3.63, 3.8) is 0 Å². The van der Waals surface area contributed by atoms with Crippen molar-refractivity contribution in [2.45, 2.75) is 58.7 Å². The molecule has 19 nitrogen and oxygen atoms in total. The molecule has 0 unspecified atom stereocenters. The predicted molar refractivity (Wildman–Crippen MR) is 354 cm³/mol. The molecule has 0 saturated carbocycles. The van der Waals surface area contributed by atoms with Crippen LogP contribution in [0.25, 0.3) is 34.0 Å². The molecule has 6 aliphatic heterocycles. The molecule has 0 radical (unpaired) electrons. The first-order chi connectivity index (χ1) is 45.4. The molecule has 0 atom stereocenters. The van der Waals surface area contributed by atoms with Crippen molar-refractivity contribution < 1.29 is 91.0 Å². The molecule has 3 aromatic heterocycles. The summed E-state index contributed by atoms with van der Waals surface area (Å²) in [5, 5.41) is 21.4. The first-order valence-corrected chi connectivity index (χ1v) is 34.3. The summed E-state index contributed by atoms with van der Waals surface area (Å²) in [6.45, 7) is 6.89. The van der Waals surface area contributed by atoms with Gasteiger partial charge in [0.2, 0.25) is 0 Å². The molecule has 0 aliphatic carbocycles. The number of carbonyl (C=O) groups is 2. The van der Waals surface area contributed by atoms with Crippen LogP contribution in [0, 0.1) is 0 Å². The number of anilines is 3. The first-order valence-electron chi connectivity index (χ1n) is 29.4. The van der Waals surface area contributed by atoms with E-state index in [0.717, 1.165) is 75.4 Å². The zero-order valence-corrected chi connectivity index (χ0v) is 57.5. The number of carboxylic acid groups (broad SMARTS) is 1. The summed E-state index contributed by atoms with van der Waals surface area (Å²) in [4.78, 5) is 77.8. The summed E-state index contributed by atoms with van der Waals surface area (Å²) in [6, 6.07) is 43.8. The Kier molecular flexibility index (Phi) is 21.9. The van der Waals surface area contributed by atoms with Crippen molar-refractivity contribution in [3.8, 4) is 51.2 Å². The maximum absolute atomic E-state index is 12.6. The Bertz CT molecular complexity index is 4490. The van der Waals surface area contributed by atoms with E-state index in [-0.39, 0.29) is 58.2 Å². The van der Waals surface area contributed by atoms with Crippen molar-refractivity contribution in [1.82, 2.24) is 0 Å². The number of ether oxygens (including phenoxy) is 6. The molecule has 476 valence electrons. The molecule has 9 aromatic rings. The number of morpholine rings is 3. The Labute approximate surface area is 586 Å². The van der Waals surface area contributed by atoms with Crippen molar-refractivity contribution in [2.75, 3.05) is 114 Å². The summed E-state index contributed by atoms with van der Waals surface area (Å²) < 4.78 is 50.8. The zero-order valence-electron chi connectivity index (χ0n) is 50.6. The molecule has 26 heteroatoms. The number of carboxylic acids is 1. The summed E-state index contributed by atoms with van der Waals surface area (Å²) >= 11 is 9.33. The van der Waals surface area contributed by atoms with E-state index in [1.807, 2.05) is 87.5 Å². The van der Waals surface area contributed by atoms with E-state index >= 15 is 0 Å². The standard InChI is InChI=1S/C24H21NO6S2.C23H19NO6S2.C21H17NO4S2.Na/c1-28-22(27)14-30-17-7-6-16(23-24(17)33-20-5-3-2-4-19(20)32-23)18-12-15(26)13-21(31-18)25-8-10-29-11-9-25;25-14-11-17(30-20(12-14)24-7-9-28-10-8-24)15-5-6-16(29-13-21(26)27)23-22(15)31-18-3-1-2-4-19(18)32-23;23-13-11-16(26-19(12-13)22-7-9-25-10-8-22)14-5-6-15(24)21-20(14)27-17-3-1-2-4-18(17)28-21;/h2-7,12-13H,8-11,14H2,1H3;1-6,11-12H,7-10,13H2,(H,26,27);1-6,11-12,24H,7-10H2;/q;;;+1/p-1. The second kappa shape index (κ2) is 30.7. The van der Waals surface area contributed by atoms with Crippen LogP contribution in [0.2, 0.25) is 0 Å². The topological polar surface area (TPSA) is 233 Å². The number of fused-ring (bicyclic) bond motifs is 6. The van der Waals surface area contributed by atoms with Gasteiger partial charge in [0.25, 0.3) is 0 Å². The van der Waals surface area contributed by atoms with Gasteiger partial charge in [-0.15, -0.1) is 0 Å². The fourth-order valence-corrected chi connectivity index (χ4v) is 17.9. The molecule has 3 fully saturated rings. The van der Waals surface area contributed by atoms with Gasteiger partial charge in [-0.25, -0.2) is 4.79 Å². The van der Waals surface area contributed by atoms with Gasteiger partial charge in [-0.05, 0) is 72.8 Å². The first kappa shape index (κ1) is 66.9. The van der Waals surface area contributed by atoms with Crippen LogP contribution >= 0.6 is 70.6 Å². The van der Waals surface area contributed by atoms with Crippen LogP contribution in [0.1, 0.15) is 0 Å². The molecule has 3 saturated heterocycles. The van der Waals surface area contributed by atoms with E-state index in [2.05, 4.69) is 12.1 Å². The molecular weight excluding hydrogens is 1330 g/mol. The smallest absolute Gasteiger partial charge is 0.546 e. The molecule has 0 bridgehead atoms. The number of hydrogen-bond donors (Lipinski definition) is 1. The van der Waals surface area contributed by atoms with Gasteiger partial charge < -0.3 is 71.4 Å². The number of carbonyl (C=O) groups excluding carboxylic acids is 2. The fraction of sp³-hybridized carbons (Fsp3) is 0.221. The van der Waals surface area contributed by atoms with E-state index in [9.17, 15) is 34.2 Å². The average Bonchev–Trinajstić information content (AvgIpc) is 0.781. The molecule has 1 N–H and O–H groups in total. The van der Waals surface area contributed by atoms with Crippen molar-refractivity contribution in [2.24, 2.45) is 0 Å². The molecule has 0 spiro atoms. The van der Waals surface area contributed by atoms with Gasteiger partial charge in [0.05, 0.1) is 67.4 Å². The van der Waals surface area contributed by atoms with Crippen LogP contribution < -0.4 is 75.1 Å². The Balaban J connectivity index is 0.000000135. The molecule has 15 rings (SSSR count). The minimum atomic E-state index is -1.29. The minimum absolute atomic E-state index is 0. The summed E-state index contributed by atoms with van der Waals surface area (Å²) in [7, 11) is 1.33. The van der Waals surface area contributed by atoms with Gasteiger partial charge in [0.15, 0.2) is 40.5 Å². The third-order valence-corrected chi connectivity index (χ3v) is 23.0. The van der Waals surface area contributed by atoms with E-state index in [1.165, 1.54) is 67.0 Å². The Morgan fingerprint density at radius 2 is 0.745 bits per heavy atom. The monoisotopic (exact) mass is 1390 g/mol. The third kappa shape index (κ3) is 15.4. The number of aromatic hydroxyl groups is 1. The molecule has 0 amide bonds. The Morgan fingerprint density at radius 3 is 1.09 bits per heavy atom. The quantitative estimate of drug-likeness (QED) is 0.0890. The van der Waals surface area contributed by atoms with E-state index in [1.54, 1.807) is 71.3 Å². The fourth-order valence-electron chi connectivity index (χ4n) is 10.5. The number of phenols is 1.